The van der Waals surface area contributed by atoms with Crippen LogP contribution in [-0.2, 0) is 4.74 Å². The van der Waals surface area contributed by atoms with Crippen molar-refractivity contribution < 1.29 is 14.6 Å². The van der Waals surface area contributed by atoms with Gasteiger partial charge in [-0.1, -0.05) is 12.2 Å². The normalized spacial score (nSPS) is 15.3. The maximum Gasteiger partial charge on any atom is 0.408 e. The van der Waals surface area contributed by atoms with Crippen molar-refractivity contribution in [1.29, 1.82) is 0 Å². The second-order valence-electron chi connectivity index (χ2n) is 4.46. The van der Waals surface area contributed by atoms with Gasteiger partial charge >= 0.3 is 6.09 Å². The number of carbonyl (C=O) groups excluding carboxylic acids is 1. The van der Waals surface area contributed by atoms with E-state index in [4.69, 9.17) is 10.5 Å². The second-order valence-corrected chi connectivity index (χ2v) is 4.46. The SMILES string of the molecule is C=C(C)[C@H](NC(=O)OC(C)(C)C)C(N)O. The van der Waals surface area contributed by atoms with Gasteiger partial charge in [-0.05, 0) is 27.7 Å². The summed E-state index contributed by atoms with van der Waals surface area (Å²) in [6, 6.07) is -0.695. The first kappa shape index (κ1) is 13.9. The van der Waals surface area contributed by atoms with Gasteiger partial charge < -0.3 is 20.9 Å². The molecule has 0 aliphatic rings. The summed E-state index contributed by atoms with van der Waals surface area (Å²) in [6.45, 7) is 10.5. The summed E-state index contributed by atoms with van der Waals surface area (Å²) in [4.78, 5) is 11.3. The minimum atomic E-state index is -1.19. The van der Waals surface area contributed by atoms with E-state index in [0.717, 1.165) is 0 Å². The Morgan fingerprint density at radius 2 is 2.00 bits per heavy atom. The van der Waals surface area contributed by atoms with Crippen LogP contribution in [0.25, 0.3) is 0 Å². The zero-order valence-corrected chi connectivity index (χ0v) is 9.70. The van der Waals surface area contributed by atoms with E-state index < -0.39 is 24.0 Å². The van der Waals surface area contributed by atoms with E-state index >= 15 is 0 Å². The molecule has 0 heterocycles. The zero-order chi connectivity index (χ0) is 12.2. The highest BCUT2D eigenvalue weighted by Crippen LogP contribution is 2.08. The number of carbonyl (C=O) groups is 1. The smallest absolute Gasteiger partial charge is 0.408 e. The molecule has 0 aliphatic carbocycles. The van der Waals surface area contributed by atoms with Crippen molar-refractivity contribution in [3.05, 3.63) is 12.2 Å². The van der Waals surface area contributed by atoms with Crippen LogP contribution < -0.4 is 11.1 Å². The quantitative estimate of drug-likeness (QED) is 0.479. The maximum atomic E-state index is 11.3. The van der Waals surface area contributed by atoms with Gasteiger partial charge in [0.2, 0.25) is 0 Å². The Morgan fingerprint density at radius 3 is 2.27 bits per heavy atom. The van der Waals surface area contributed by atoms with E-state index in [1.54, 1.807) is 27.7 Å². The molecule has 0 aromatic rings. The highest BCUT2D eigenvalue weighted by atomic mass is 16.6. The number of hydrogen-bond donors (Lipinski definition) is 3. The van der Waals surface area contributed by atoms with E-state index in [-0.39, 0.29) is 0 Å². The molecule has 5 heteroatoms. The van der Waals surface area contributed by atoms with Crippen molar-refractivity contribution >= 4 is 6.09 Å². The topological polar surface area (TPSA) is 84.6 Å². The number of alkyl carbamates (subject to hydrolysis) is 1. The summed E-state index contributed by atoms with van der Waals surface area (Å²) in [5, 5.41) is 11.6. The molecule has 0 spiro atoms. The molecule has 0 aliphatic heterocycles. The Hall–Kier alpha value is -1.07. The molecular weight excluding hydrogens is 196 g/mol. The van der Waals surface area contributed by atoms with Crippen LogP contribution >= 0.6 is 0 Å². The first-order valence-electron chi connectivity index (χ1n) is 4.72. The molecule has 15 heavy (non-hydrogen) atoms. The summed E-state index contributed by atoms with van der Waals surface area (Å²) in [5.74, 6) is 0. The van der Waals surface area contributed by atoms with Gasteiger partial charge in [-0.3, -0.25) is 0 Å². The number of nitrogens with one attached hydrogen (secondary N) is 1. The van der Waals surface area contributed by atoms with Crippen LogP contribution in [0, 0.1) is 0 Å². The van der Waals surface area contributed by atoms with E-state index in [1.807, 2.05) is 0 Å². The molecule has 0 fully saturated rings. The van der Waals surface area contributed by atoms with Crippen molar-refractivity contribution in [3.63, 3.8) is 0 Å². The number of rotatable bonds is 3. The van der Waals surface area contributed by atoms with Gasteiger partial charge in [-0.25, -0.2) is 4.79 Å². The van der Waals surface area contributed by atoms with Gasteiger partial charge in [0.1, 0.15) is 11.8 Å². The van der Waals surface area contributed by atoms with Crippen LogP contribution in [0.4, 0.5) is 4.79 Å². The van der Waals surface area contributed by atoms with Crippen LogP contribution in [0.5, 0.6) is 0 Å². The van der Waals surface area contributed by atoms with Gasteiger partial charge in [-0.15, -0.1) is 0 Å². The van der Waals surface area contributed by atoms with Crippen molar-refractivity contribution in [2.75, 3.05) is 0 Å². The fraction of sp³-hybridized carbons (Fsp3) is 0.700. The molecule has 0 bridgehead atoms. The third-order valence-electron chi connectivity index (χ3n) is 1.54. The lowest BCUT2D eigenvalue weighted by Crippen LogP contribution is -2.49. The van der Waals surface area contributed by atoms with Crippen molar-refractivity contribution in [2.45, 2.75) is 45.6 Å². The predicted octanol–water partition coefficient (Wildman–Crippen LogP) is 0.733. The van der Waals surface area contributed by atoms with Crippen molar-refractivity contribution in [2.24, 2.45) is 5.73 Å². The lowest BCUT2D eigenvalue weighted by molar-refractivity contribution is 0.0452. The summed E-state index contributed by atoms with van der Waals surface area (Å²) < 4.78 is 5.01. The van der Waals surface area contributed by atoms with Gasteiger partial charge in [0.05, 0.1) is 6.04 Å². The molecular formula is C10H20N2O3. The minimum absolute atomic E-state index is 0.566. The lowest BCUT2D eigenvalue weighted by Gasteiger charge is -2.25. The highest BCUT2D eigenvalue weighted by molar-refractivity contribution is 5.68. The molecule has 4 N–H and O–H groups in total. The Labute approximate surface area is 90.3 Å². The Bertz CT molecular complexity index is 244. The summed E-state index contributed by atoms with van der Waals surface area (Å²) >= 11 is 0. The van der Waals surface area contributed by atoms with Gasteiger partial charge in [-0.2, -0.15) is 0 Å². The van der Waals surface area contributed by atoms with E-state index in [1.165, 1.54) is 0 Å². The Balaban J connectivity index is 4.31. The number of aliphatic hydroxyl groups excluding tert-OH is 1. The predicted molar refractivity (Wildman–Crippen MR) is 58.2 cm³/mol. The number of hydrogen-bond acceptors (Lipinski definition) is 4. The molecule has 1 unspecified atom stereocenters. The molecule has 5 nitrogen and oxygen atoms in total. The molecule has 2 atom stereocenters. The molecule has 0 saturated carbocycles. The average Bonchev–Trinajstić information content (AvgIpc) is 1.95. The first-order valence-corrected chi connectivity index (χ1v) is 4.72. The van der Waals surface area contributed by atoms with E-state index in [2.05, 4.69) is 11.9 Å². The van der Waals surface area contributed by atoms with Gasteiger partial charge in [0.25, 0.3) is 0 Å². The molecule has 88 valence electrons. The van der Waals surface area contributed by atoms with Crippen molar-refractivity contribution in [3.8, 4) is 0 Å². The summed E-state index contributed by atoms with van der Waals surface area (Å²) in [6.07, 6.45) is -1.81. The van der Waals surface area contributed by atoms with Gasteiger partial charge in [0.15, 0.2) is 0 Å². The van der Waals surface area contributed by atoms with E-state index in [9.17, 15) is 9.90 Å². The van der Waals surface area contributed by atoms with Crippen LogP contribution in [0.3, 0.4) is 0 Å². The minimum Gasteiger partial charge on any atom is -0.444 e. The molecule has 0 aromatic heterocycles. The second kappa shape index (κ2) is 5.14. The number of nitrogens with two attached hydrogens (primary N) is 1. The van der Waals surface area contributed by atoms with Crippen LogP contribution in [0.2, 0.25) is 0 Å². The largest absolute Gasteiger partial charge is 0.444 e. The molecule has 0 radical (unpaired) electrons. The number of aliphatic hydroxyl groups is 1. The lowest BCUT2D eigenvalue weighted by atomic mass is 10.1. The zero-order valence-electron chi connectivity index (χ0n) is 9.70. The average molecular weight is 216 g/mol. The Morgan fingerprint density at radius 1 is 1.53 bits per heavy atom. The highest BCUT2D eigenvalue weighted by Gasteiger charge is 2.22. The van der Waals surface area contributed by atoms with Crippen LogP contribution in [0.15, 0.2) is 12.2 Å². The van der Waals surface area contributed by atoms with Crippen LogP contribution in [-0.4, -0.2) is 29.1 Å². The molecule has 0 saturated heterocycles. The fourth-order valence-electron chi connectivity index (χ4n) is 0.935. The summed E-state index contributed by atoms with van der Waals surface area (Å²) in [7, 11) is 0. The number of amides is 1. The fourth-order valence-corrected chi connectivity index (χ4v) is 0.935. The first-order chi connectivity index (χ1) is 6.63. The third kappa shape index (κ3) is 6.09. The molecule has 0 aromatic carbocycles. The standard InChI is InChI=1S/C10H20N2O3/c1-6(2)7(8(11)13)12-9(14)15-10(3,4)5/h7-8,13H,1,11H2,2-5H3,(H,12,14)/t7-,8?/m0/s1. The van der Waals surface area contributed by atoms with Gasteiger partial charge in [0, 0.05) is 0 Å². The molecule has 1 amide bonds. The number of ether oxygens (including phenoxy) is 1. The van der Waals surface area contributed by atoms with Crippen molar-refractivity contribution in [1.82, 2.24) is 5.32 Å². The summed E-state index contributed by atoms with van der Waals surface area (Å²) in [5.41, 5.74) is 5.26. The third-order valence-corrected chi connectivity index (χ3v) is 1.54. The monoisotopic (exact) mass is 216 g/mol. The van der Waals surface area contributed by atoms with Crippen LogP contribution in [0.1, 0.15) is 27.7 Å². The maximum absolute atomic E-state index is 11.3. The molecule has 0 rings (SSSR count). The Kier molecular flexibility index (Phi) is 4.77. The van der Waals surface area contributed by atoms with E-state index in [0.29, 0.717) is 5.57 Å².